The summed E-state index contributed by atoms with van der Waals surface area (Å²) >= 11 is 0. The van der Waals surface area contributed by atoms with Gasteiger partial charge in [-0.05, 0) is 55.3 Å². The van der Waals surface area contributed by atoms with E-state index in [1.807, 2.05) is 6.92 Å². The van der Waals surface area contributed by atoms with Crippen molar-refractivity contribution in [2.24, 2.45) is 5.92 Å². The molecule has 0 saturated heterocycles. The second-order valence-corrected chi connectivity index (χ2v) is 5.89. The van der Waals surface area contributed by atoms with Gasteiger partial charge in [-0.3, -0.25) is 9.59 Å². The molecule has 1 aliphatic rings. The highest BCUT2D eigenvalue weighted by atomic mass is 19.1. The summed E-state index contributed by atoms with van der Waals surface area (Å²) in [4.78, 5) is 24.4. The van der Waals surface area contributed by atoms with Crippen molar-refractivity contribution in [2.45, 2.75) is 13.3 Å². The van der Waals surface area contributed by atoms with Gasteiger partial charge < -0.3 is 15.4 Å². The van der Waals surface area contributed by atoms with Crippen LogP contribution < -0.4 is 15.4 Å². The highest BCUT2D eigenvalue weighted by molar-refractivity contribution is 5.97. The summed E-state index contributed by atoms with van der Waals surface area (Å²) in [5.74, 6) is -0.559. The molecule has 130 valence electrons. The second-order valence-electron chi connectivity index (χ2n) is 5.89. The van der Waals surface area contributed by atoms with E-state index in [4.69, 9.17) is 4.74 Å². The lowest BCUT2D eigenvalue weighted by Crippen LogP contribution is -2.32. The van der Waals surface area contributed by atoms with Crippen LogP contribution in [0.15, 0.2) is 42.5 Å². The first-order valence-corrected chi connectivity index (χ1v) is 8.17. The van der Waals surface area contributed by atoms with Crippen LogP contribution in [-0.2, 0) is 11.2 Å². The van der Waals surface area contributed by atoms with Gasteiger partial charge in [0, 0.05) is 17.8 Å². The quantitative estimate of drug-likeness (QED) is 0.898. The molecule has 0 aliphatic carbocycles. The van der Waals surface area contributed by atoms with Gasteiger partial charge in [-0.25, -0.2) is 4.39 Å². The van der Waals surface area contributed by atoms with Crippen LogP contribution in [0, 0.1) is 11.7 Å². The van der Waals surface area contributed by atoms with E-state index in [1.54, 1.807) is 30.3 Å². The Bertz CT molecular complexity index is 807. The third-order valence-electron chi connectivity index (χ3n) is 4.03. The molecule has 0 saturated carbocycles. The number of fused-ring (bicyclic) bond motifs is 1. The van der Waals surface area contributed by atoms with Gasteiger partial charge >= 0.3 is 0 Å². The number of hydrogen-bond donors (Lipinski definition) is 2. The molecule has 2 amide bonds. The van der Waals surface area contributed by atoms with Crippen LogP contribution in [0.25, 0.3) is 0 Å². The van der Waals surface area contributed by atoms with Crippen molar-refractivity contribution in [3.8, 4) is 5.75 Å². The SMILES string of the molecule is CCNC(=O)c1cccc(NC(=O)[C@H]2COc3ccc(F)cc3C2)c1. The van der Waals surface area contributed by atoms with Gasteiger partial charge in [0.2, 0.25) is 5.91 Å². The maximum Gasteiger partial charge on any atom is 0.251 e. The summed E-state index contributed by atoms with van der Waals surface area (Å²) in [6, 6.07) is 11.1. The van der Waals surface area contributed by atoms with Crippen molar-refractivity contribution in [1.29, 1.82) is 0 Å². The average Bonchev–Trinajstić information content (AvgIpc) is 2.61. The van der Waals surface area contributed by atoms with Gasteiger partial charge in [0.1, 0.15) is 18.2 Å². The van der Waals surface area contributed by atoms with Gasteiger partial charge in [0.05, 0.1) is 5.92 Å². The molecule has 2 N–H and O–H groups in total. The van der Waals surface area contributed by atoms with E-state index >= 15 is 0 Å². The Kier molecular flexibility index (Phi) is 4.97. The summed E-state index contributed by atoms with van der Waals surface area (Å²) in [7, 11) is 0. The van der Waals surface area contributed by atoms with Crippen LogP contribution in [-0.4, -0.2) is 25.0 Å². The number of carbonyl (C=O) groups is 2. The summed E-state index contributed by atoms with van der Waals surface area (Å²) < 4.78 is 18.9. The van der Waals surface area contributed by atoms with Crippen LogP contribution in [0.3, 0.4) is 0 Å². The van der Waals surface area contributed by atoms with E-state index in [2.05, 4.69) is 10.6 Å². The number of anilines is 1. The number of rotatable bonds is 4. The number of ether oxygens (including phenoxy) is 1. The normalized spacial score (nSPS) is 15.7. The Balaban J connectivity index is 1.69. The predicted molar refractivity (Wildman–Crippen MR) is 92.2 cm³/mol. The van der Waals surface area contributed by atoms with E-state index in [1.165, 1.54) is 12.1 Å². The largest absolute Gasteiger partial charge is 0.492 e. The van der Waals surface area contributed by atoms with Crippen LogP contribution in [0.4, 0.5) is 10.1 Å². The first-order chi connectivity index (χ1) is 12.1. The topological polar surface area (TPSA) is 67.4 Å². The fourth-order valence-corrected chi connectivity index (χ4v) is 2.78. The zero-order valence-corrected chi connectivity index (χ0v) is 13.8. The Morgan fingerprint density at radius 2 is 2.08 bits per heavy atom. The predicted octanol–water partition coefficient (Wildman–Crippen LogP) is 2.77. The van der Waals surface area contributed by atoms with Crippen molar-refractivity contribution in [1.82, 2.24) is 5.32 Å². The van der Waals surface area contributed by atoms with Crippen LogP contribution >= 0.6 is 0 Å². The molecule has 2 aromatic carbocycles. The van der Waals surface area contributed by atoms with Crippen molar-refractivity contribution >= 4 is 17.5 Å². The summed E-state index contributed by atoms with van der Waals surface area (Å²) in [5, 5.41) is 5.52. The molecule has 0 spiro atoms. The van der Waals surface area contributed by atoms with Crippen LogP contribution in [0.1, 0.15) is 22.8 Å². The molecule has 6 heteroatoms. The highest BCUT2D eigenvalue weighted by Crippen LogP contribution is 2.28. The fraction of sp³-hybridized carbons (Fsp3) is 0.263. The van der Waals surface area contributed by atoms with Crippen LogP contribution in [0.5, 0.6) is 5.75 Å². The van der Waals surface area contributed by atoms with E-state index in [0.29, 0.717) is 35.5 Å². The highest BCUT2D eigenvalue weighted by Gasteiger charge is 2.26. The van der Waals surface area contributed by atoms with Crippen molar-refractivity contribution in [3.63, 3.8) is 0 Å². The zero-order chi connectivity index (χ0) is 17.8. The van der Waals surface area contributed by atoms with Gasteiger partial charge in [-0.1, -0.05) is 6.07 Å². The van der Waals surface area contributed by atoms with Gasteiger partial charge in [-0.2, -0.15) is 0 Å². The van der Waals surface area contributed by atoms with Gasteiger partial charge in [-0.15, -0.1) is 0 Å². The molecule has 3 rings (SSSR count). The molecule has 0 unspecified atom stereocenters. The molecule has 0 radical (unpaired) electrons. The fourth-order valence-electron chi connectivity index (χ4n) is 2.78. The molecule has 0 aromatic heterocycles. The summed E-state index contributed by atoms with van der Waals surface area (Å²) in [6.07, 6.45) is 0.412. The summed E-state index contributed by atoms with van der Waals surface area (Å²) in [6.45, 7) is 2.61. The molecular formula is C19H19FN2O3. The minimum atomic E-state index is -0.414. The maximum absolute atomic E-state index is 13.4. The first kappa shape index (κ1) is 17.0. The van der Waals surface area contributed by atoms with E-state index in [-0.39, 0.29) is 24.2 Å². The van der Waals surface area contributed by atoms with Gasteiger partial charge in [0.15, 0.2) is 0 Å². The molecule has 0 bridgehead atoms. The molecule has 1 aliphatic heterocycles. The zero-order valence-electron chi connectivity index (χ0n) is 13.8. The number of hydrogen-bond acceptors (Lipinski definition) is 3. The molecule has 1 atom stereocenters. The Morgan fingerprint density at radius 1 is 1.24 bits per heavy atom. The van der Waals surface area contributed by atoms with Crippen molar-refractivity contribution in [3.05, 3.63) is 59.4 Å². The number of amides is 2. The smallest absolute Gasteiger partial charge is 0.251 e. The molecular weight excluding hydrogens is 323 g/mol. The number of carbonyl (C=O) groups excluding carboxylic acids is 2. The third-order valence-corrected chi connectivity index (χ3v) is 4.03. The molecule has 5 nitrogen and oxygen atoms in total. The Labute approximate surface area is 145 Å². The van der Waals surface area contributed by atoms with E-state index in [0.717, 1.165) is 0 Å². The number of halogens is 1. The molecule has 25 heavy (non-hydrogen) atoms. The standard InChI is InChI=1S/C19H19FN2O3/c1-2-21-18(23)12-4-3-5-16(10-12)22-19(24)14-8-13-9-15(20)6-7-17(13)25-11-14/h3-7,9-10,14H,2,8,11H2,1H3,(H,21,23)(H,22,24)/t14-/m1/s1. The first-order valence-electron chi connectivity index (χ1n) is 8.17. The van der Waals surface area contributed by atoms with E-state index in [9.17, 15) is 14.0 Å². The lowest BCUT2D eigenvalue weighted by atomic mass is 9.96. The number of benzene rings is 2. The second kappa shape index (κ2) is 7.34. The van der Waals surface area contributed by atoms with Crippen molar-refractivity contribution in [2.75, 3.05) is 18.5 Å². The van der Waals surface area contributed by atoms with Gasteiger partial charge in [0.25, 0.3) is 5.91 Å². The van der Waals surface area contributed by atoms with E-state index < -0.39 is 5.92 Å². The molecule has 2 aromatic rings. The average molecular weight is 342 g/mol. The monoisotopic (exact) mass is 342 g/mol. The maximum atomic E-state index is 13.4. The Morgan fingerprint density at radius 3 is 2.88 bits per heavy atom. The number of nitrogens with one attached hydrogen (secondary N) is 2. The van der Waals surface area contributed by atoms with Crippen molar-refractivity contribution < 1.29 is 18.7 Å². The third kappa shape index (κ3) is 3.96. The minimum Gasteiger partial charge on any atom is -0.492 e. The lowest BCUT2D eigenvalue weighted by molar-refractivity contribution is -0.121. The Hall–Kier alpha value is -2.89. The molecule has 1 heterocycles. The molecule has 0 fully saturated rings. The lowest BCUT2D eigenvalue weighted by Gasteiger charge is -2.24. The minimum absolute atomic E-state index is 0.191. The van der Waals surface area contributed by atoms with Crippen LogP contribution in [0.2, 0.25) is 0 Å². The summed E-state index contributed by atoms with van der Waals surface area (Å²) in [5.41, 5.74) is 1.70.